The molecule has 0 saturated heterocycles. The molecule has 1 atom stereocenters. The molecular weight excluding hydrogens is 218 g/mol. The molecule has 0 aromatic carbocycles. The van der Waals surface area contributed by atoms with E-state index in [9.17, 15) is 4.79 Å². The van der Waals surface area contributed by atoms with Gasteiger partial charge in [0.05, 0.1) is 4.88 Å². The van der Waals surface area contributed by atoms with Gasteiger partial charge in [0.15, 0.2) is 0 Å². The minimum absolute atomic E-state index is 0.00998. The van der Waals surface area contributed by atoms with E-state index >= 15 is 0 Å². The maximum atomic E-state index is 11.8. The number of carbonyl (C=O) groups is 1. The summed E-state index contributed by atoms with van der Waals surface area (Å²) in [6, 6.07) is 1.95. The van der Waals surface area contributed by atoms with E-state index in [4.69, 9.17) is 11.6 Å². The first-order valence-electron chi connectivity index (χ1n) is 4.46. The van der Waals surface area contributed by atoms with E-state index in [-0.39, 0.29) is 11.3 Å². The van der Waals surface area contributed by atoms with Crippen LogP contribution in [-0.2, 0) is 0 Å². The summed E-state index contributed by atoms with van der Waals surface area (Å²) >= 11 is 7.31. The lowest BCUT2D eigenvalue weighted by Crippen LogP contribution is -2.31. The molecule has 4 heteroatoms. The second-order valence-corrected chi connectivity index (χ2v) is 5.06. The topological polar surface area (TPSA) is 20.3 Å². The number of nitrogens with zero attached hydrogens (tertiary/aromatic N) is 1. The fraction of sp³-hybridized carbons (Fsp3) is 0.500. The second kappa shape index (κ2) is 4.80. The molecule has 1 unspecified atom stereocenters. The van der Waals surface area contributed by atoms with Gasteiger partial charge in [0.2, 0.25) is 0 Å². The highest BCUT2D eigenvalue weighted by Gasteiger charge is 2.16. The quantitative estimate of drug-likeness (QED) is 0.733. The van der Waals surface area contributed by atoms with E-state index in [1.807, 2.05) is 25.3 Å². The molecule has 0 radical (unpaired) electrons. The number of thiophene rings is 1. The first kappa shape index (κ1) is 11.5. The molecule has 0 saturated carbocycles. The normalized spacial score (nSPS) is 12.6. The standard InChI is InChI=1S/C10H14ClNOS/c1-7-4-5-14-9(7)10(13)12(3)6-8(2)11/h4-5,8H,6H2,1-3H3. The third-order valence-corrected chi connectivity index (χ3v) is 3.07. The highest BCUT2D eigenvalue weighted by molar-refractivity contribution is 7.12. The molecule has 0 fully saturated rings. The Labute approximate surface area is 93.5 Å². The highest BCUT2D eigenvalue weighted by Crippen LogP contribution is 2.17. The third-order valence-electron chi connectivity index (χ3n) is 1.93. The van der Waals surface area contributed by atoms with Gasteiger partial charge in [-0.3, -0.25) is 4.79 Å². The fourth-order valence-corrected chi connectivity index (χ4v) is 2.35. The lowest BCUT2D eigenvalue weighted by atomic mass is 10.2. The first-order chi connectivity index (χ1) is 6.52. The van der Waals surface area contributed by atoms with Gasteiger partial charge in [-0.05, 0) is 30.9 Å². The molecule has 0 N–H and O–H groups in total. The fourth-order valence-electron chi connectivity index (χ4n) is 1.23. The number of amides is 1. The van der Waals surface area contributed by atoms with Crippen LogP contribution >= 0.6 is 22.9 Å². The van der Waals surface area contributed by atoms with Crippen molar-refractivity contribution in [2.75, 3.05) is 13.6 Å². The minimum atomic E-state index is -0.00998. The number of hydrogen-bond donors (Lipinski definition) is 0. The van der Waals surface area contributed by atoms with Crippen LogP contribution in [0.25, 0.3) is 0 Å². The average molecular weight is 232 g/mol. The van der Waals surface area contributed by atoms with Gasteiger partial charge in [0, 0.05) is 19.0 Å². The van der Waals surface area contributed by atoms with Gasteiger partial charge >= 0.3 is 0 Å². The van der Waals surface area contributed by atoms with Crippen LogP contribution in [0.1, 0.15) is 22.2 Å². The second-order valence-electron chi connectivity index (χ2n) is 3.40. The van der Waals surface area contributed by atoms with Crippen molar-refractivity contribution < 1.29 is 4.79 Å². The molecule has 2 nitrogen and oxygen atoms in total. The molecule has 1 aromatic rings. The Bertz CT molecular complexity index is 322. The number of halogens is 1. The van der Waals surface area contributed by atoms with Crippen LogP contribution in [0.3, 0.4) is 0 Å². The maximum Gasteiger partial charge on any atom is 0.263 e. The minimum Gasteiger partial charge on any atom is -0.340 e. The summed E-state index contributed by atoms with van der Waals surface area (Å²) < 4.78 is 0. The van der Waals surface area contributed by atoms with Crippen molar-refractivity contribution in [3.8, 4) is 0 Å². The Kier molecular flexibility index (Phi) is 3.96. The molecule has 0 bridgehead atoms. The lowest BCUT2D eigenvalue weighted by Gasteiger charge is -2.17. The molecule has 14 heavy (non-hydrogen) atoms. The summed E-state index contributed by atoms with van der Waals surface area (Å²) in [5.41, 5.74) is 1.04. The van der Waals surface area contributed by atoms with Gasteiger partial charge in [-0.2, -0.15) is 0 Å². The molecule has 78 valence electrons. The van der Waals surface area contributed by atoms with Gasteiger partial charge in [0.25, 0.3) is 5.91 Å². The van der Waals surface area contributed by atoms with E-state index in [0.717, 1.165) is 10.4 Å². The molecule has 0 spiro atoms. The van der Waals surface area contributed by atoms with E-state index in [1.165, 1.54) is 11.3 Å². The molecule has 0 aliphatic heterocycles. The summed E-state index contributed by atoms with van der Waals surface area (Å²) in [5, 5.41) is 1.92. The van der Waals surface area contributed by atoms with Crippen LogP contribution < -0.4 is 0 Å². The SMILES string of the molecule is Cc1ccsc1C(=O)N(C)CC(C)Cl. The van der Waals surface area contributed by atoms with Gasteiger partial charge in [0.1, 0.15) is 0 Å². The van der Waals surface area contributed by atoms with Crippen molar-refractivity contribution >= 4 is 28.8 Å². The van der Waals surface area contributed by atoms with E-state index < -0.39 is 0 Å². The van der Waals surface area contributed by atoms with Crippen LogP contribution in [0.4, 0.5) is 0 Å². The summed E-state index contributed by atoms with van der Waals surface area (Å²) in [6.45, 7) is 4.41. The number of carbonyl (C=O) groups excluding carboxylic acids is 1. The molecule has 1 aromatic heterocycles. The Balaban J connectivity index is 2.71. The molecule has 1 heterocycles. The van der Waals surface area contributed by atoms with Crippen molar-refractivity contribution in [2.24, 2.45) is 0 Å². The van der Waals surface area contributed by atoms with Crippen molar-refractivity contribution in [1.29, 1.82) is 0 Å². The van der Waals surface area contributed by atoms with Gasteiger partial charge < -0.3 is 4.90 Å². The van der Waals surface area contributed by atoms with Gasteiger partial charge in [-0.1, -0.05) is 0 Å². The summed E-state index contributed by atoms with van der Waals surface area (Å²) in [5.74, 6) is 0.0602. The van der Waals surface area contributed by atoms with Gasteiger partial charge in [-0.15, -0.1) is 22.9 Å². The van der Waals surface area contributed by atoms with Crippen LogP contribution in [0.5, 0.6) is 0 Å². The number of alkyl halides is 1. The molecular formula is C10H14ClNOS. The predicted octanol–water partition coefficient (Wildman–Crippen LogP) is 2.76. The van der Waals surface area contributed by atoms with Crippen LogP contribution in [-0.4, -0.2) is 29.8 Å². The lowest BCUT2D eigenvalue weighted by molar-refractivity contribution is 0.0800. The summed E-state index contributed by atoms with van der Waals surface area (Å²) in [7, 11) is 1.78. The smallest absolute Gasteiger partial charge is 0.263 e. The molecule has 0 aliphatic rings. The Hall–Kier alpha value is -0.540. The van der Waals surface area contributed by atoms with Crippen molar-refractivity contribution in [3.05, 3.63) is 21.9 Å². The van der Waals surface area contributed by atoms with Crippen LogP contribution in [0.15, 0.2) is 11.4 Å². The van der Waals surface area contributed by atoms with Crippen LogP contribution in [0, 0.1) is 6.92 Å². The average Bonchev–Trinajstić information content (AvgIpc) is 2.48. The van der Waals surface area contributed by atoms with Crippen molar-refractivity contribution in [1.82, 2.24) is 4.90 Å². The Morgan fingerprint density at radius 3 is 2.79 bits per heavy atom. The predicted molar refractivity (Wildman–Crippen MR) is 61.3 cm³/mol. The van der Waals surface area contributed by atoms with Crippen molar-refractivity contribution in [3.63, 3.8) is 0 Å². The van der Waals surface area contributed by atoms with Gasteiger partial charge in [-0.25, -0.2) is 0 Å². The zero-order chi connectivity index (χ0) is 10.7. The summed E-state index contributed by atoms with van der Waals surface area (Å²) in [4.78, 5) is 14.3. The molecule has 1 amide bonds. The first-order valence-corrected chi connectivity index (χ1v) is 5.77. The largest absolute Gasteiger partial charge is 0.340 e. The number of aryl methyl sites for hydroxylation is 1. The zero-order valence-electron chi connectivity index (χ0n) is 8.58. The maximum absolute atomic E-state index is 11.8. The Morgan fingerprint density at radius 1 is 1.71 bits per heavy atom. The van der Waals surface area contributed by atoms with E-state index in [0.29, 0.717) is 6.54 Å². The van der Waals surface area contributed by atoms with E-state index in [2.05, 4.69) is 0 Å². The highest BCUT2D eigenvalue weighted by atomic mass is 35.5. The molecule has 1 rings (SSSR count). The summed E-state index contributed by atoms with van der Waals surface area (Å²) in [6.07, 6.45) is 0. The zero-order valence-corrected chi connectivity index (χ0v) is 10.2. The third kappa shape index (κ3) is 2.72. The Morgan fingerprint density at radius 2 is 2.36 bits per heavy atom. The number of hydrogen-bond acceptors (Lipinski definition) is 2. The number of rotatable bonds is 3. The monoisotopic (exact) mass is 231 g/mol. The van der Waals surface area contributed by atoms with Crippen molar-refractivity contribution in [2.45, 2.75) is 19.2 Å². The molecule has 0 aliphatic carbocycles. The van der Waals surface area contributed by atoms with Crippen LogP contribution in [0.2, 0.25) is 0 Å². The van der Waals surface area contributed by atoms with E-state index in [1.54, 1.807) is 11.9 Å².